The number of pyridine rings is 1. The molecule has 0 bridgehead atoms. The molecule has 0 radical (unpaired) electrons. The zero-order chi connectivity index (χ0) is 21.0. The minimum Gasteiger partial charge on any atom is -0.497 e. The number of aromatic carboxylic acids is 1. The maximum atomic E-state index is 13.0. The van der Waals surface area contributed by atoms with E-state index in [1.54, 1.807) is 38.6 Å². The molecule has 150 valence electrons. The molecule has 0 saturated heterocycles. The standard InChI is InChI=1S/C21H22N4O4/c1-4-25-20(26)18(23-17-12-22-9-8-13(17)2)16(19(24-25)21(27)28)11-14-6-5-7-15(10-14)29-3/h5-10,12,23H,4,11H2,1-3H3,(H,27,28). The van der Waals surface area contributed by atoms with Gasteiger partial charge < -0.3 is 15.2 Å². The molecule has 3 aromatic rings. The van der Waals surface area contributed by atoms with Gasteiger partial charge in [-0.05, 0) is 43.2 Å². The van der Waals surface area contributed by atoms with E-state index in [2.05, 4.69) is 15.4 Å². The molecule has 0 aliphatic rings. The van der Waals surface area contributed by atoms with Gasteiger partial charge in [0.1, 0.15) is 11.4 Å². The first kappa shape index (κ1) is 20.1. The topological polar surface area (TPSA) is 106 Å². The van der Waals surface area contributed by atoms with Gasteiger partial charge in [-0.25, -0.2) is 9.48 Å². The van der Waals surface area contributed by atoms with Gasteiger partial charge in [0.15, 0.2) is 5.69 Å². The van der Waals surface area contributed by atoms with Gasteiger partial charge >= 0.3 is 5.97 Å². The SMILES string of the molecule is CCn1nc(C(=O)O)c(Cc2cccc(OC)c2)c(Nc2cnccc2C)c1=O. The number of carboxylic acid groups (broad SMARTS) is 1. The Kier molecular flexibility index (Phi) is 5.92. The van der Waals surface area contributed by atoms with E-state index >= 15 is 0 Å². The van der Waals surface area contributed by atoms with Gasteiger partial charge in [-0.3, -0.25) is 9.78 Å². The van der Waals surface area contributed by atoms with Crippen molar-refractivity contribution in [1.29, 1.82) is 0 Å². The molecule has 3 rings (SSSR count). The quantitative estimate of drug-likeness (QED) is 0.634. The second-order valence-electron chi connectivity index (χ2n) is 6.47. The molecule has 0 unspecified atom stereocenters. The Morgan fingerprint density at radius 1 is 1.31 bits per heavy atom. The predicted molar refractivity (Wildman–Crippen MR) is 109 cm³/mol. The van der Waals surface area contributed by atoms with Crippen LogP contribution in [0, 0.1) is 6.92 Å². The van der Waals surface area contributed by atoms with Gasteiger partial charge in [0, 0.05) is 24.7 Å². The molecule has 0 aliphatic heterocycles. The highest BCUT2D eigenvalue weighted by Crippen LogP contribution is 2.25. The highest BCUT2D eigenvalue weighted by Gasteiger charge is 2.22. The van der Waals surface area contributed by atoms with Crippen molar-refractivity contribution in [3.8, 4) is 5.75 Å². The lowest BCUT2D eigenvalue weighted by atomic mass is 10.0. The Labute approximate surface area is 167 Å². The number of rotatable bonds is 7. The smallest absolute Gasteiger partial charge is 0.356 e. The number of carboxylic acids is 1. The van der Waals surface area contributed by atoms with E-state index in [0.717, 1.165) is 15.8 Å². The van der Waals surface area contributed by atoms with Crippen molar-refractivity contribution in [3.63, 3.8) is 0 Å². The van der Waals surface area contributed by atoms with Crippen LogP contribution in [0.2, 0.25) is 0 Å². The van der Waals surface area contributed by atoms with Crippen LogP contribution in [0.5, 0.6) is 5.75 Å². The number of hydrogen-bond acceptors (Lipinski definition) is 6. The number of aromatic nitrogens is 3. The van der Waals surface area contributed by atoms with Crippen LogP contribution in [0.25, 0.3) is 0 Å². The molecule has 8 nitrogen and oxygen atoms in total. The average molecular weight is 394 g/mol. The lowest BCUT2D eigenvalue weighted by Crippen LogP contribution is -2.29. The third kappa shape index (κ3) is 4.26. The lowest BCUT2D eigenvalue weighted by Gasteiger charge is -2.17. The molecule has 1 aromatic carbocycles. The Morgan fingerprint density at radius 2 is 2.10 bits per heavy atom. The maximum absolute atomic E-state index is 13.0. The fraction of sp³-hybridized carbons (Fsp3) is 0.238. The maximum Gasteiger partial charge on any atom is 0.356 e. The summed E-state index contributed by atoms with van der Waals surface area (Å²) in [6, 6.07) is 9.07. The van der Waals surface area contributed by atoms with Crippen LogP contribution in [0.1, 0.15) is 34.1 Å². The average Bonchev–Trinajstić information content (AvgIpc) is 2.72. The zero-order valence-electron chi connectivity index (χ0n) is 16.5. The van der Waals surface area contributed by atoms with Gasteiger partial charge in [0.25, 0.3) is 5.56 Å². The Balaban J connectivity index is 2.20. The van der Waals surface area contributed by atoms with Crippen molar-refractivity contribution in [3.05, 3.63) is 75.5 Å². The van der Waals surface area contributed by atoms with Crippen molar-refractivity contribution >= 4 is 17.3 Å². The normalized spacial score (nSPS) is 10.6. The molecular weight excluding hydrogens is 372 g/mol. The summed E-state index contributed by atoms with van der Waals surface area (Å²) < 4.78 is 6.40. The van der Waals surface area contributed by atoms with Crippen molar-refractivity contribution < 1.29 is 14.6 Å². The van der Waals surface area contributed by atoms with E-state index in [1.807, 2.05) is 25.1 Å². The Morgan fingerprint density at radius 3 is 2.76 bits per heavy atom. The number of nitrogens with one attached hydrogen (secondary N) is 1. The van der Waals surface area contributed by atoms with E-state index in [0.29, 0.717) is 17.0 Å². The molecule has 8 heteroatoms. The second kappa shape index (κ2) is 8.55. The molecule has 2 aromatic heterocycles. The summed E-state index contributed by atoms with van der Waals surface area (Å²) in [4.78, 5) is 29.1. The molecule has 2 N–H and O–H groups in total. The van der Waals surface area contributed by atoms with Crippen LogP contribution < -0.4 is 15.6 Å². The molecular formula is C21H22N4O4. The van der Waals surface area contributed by atoms with E-state index in [1.165, 1.54) is 0 Å². The van der Waals surface area contributed by atoms with Crippen molar-refractivity contribution in [1.82, 2.24) is 14.8 Å². The summed E-state index contributed by atoms with van der Waals surface area (Å²) in [7, 11) is 1.56. The number of hydrogen-bond donors (Lipinski definition) is 2. The Hall–Kier alpha value is -3.68. The predicted octanol–water partition coefficient (Wildman–Crippen LogP) is 3.01. The molecule has 0 aliphatic carbocycles. The minimum absolute atomic E-state index is 0.168. The summed E-state index contributed by atoms with van der Waals surface area (Å²) >= 11 is 0. The van der Waals surface area contributed by atoms with Crippen LogP contribution in [0.15, 0.2) is 47.5 Å². The summed E-state index contributed by atoms with van der Waals surface area (Å²) in [5.74, 6) is -0.553. The molecule has 0 atom stereocenters. The first-order valence-corrected chi connectivity index (χ1v) is 9.12. The van der Waals surface area contributed by atoms with Crippen LogP contribution in [0.4, 0.5) is 11.4 Å². The largest absolute Gasteiger partial charge is 0.497 e. The number of carbonyl (C=O) groups is 1. The van der Waals surface area contributed by atoms with Gasteiger partial charge in [-0.2, -0.15) is 5.10 Å². The summed E-state index contributed by atoms with van der Waals surface area (Å²) in [6.07, 6.45) is 3.45. The number of aryl methyl sites for hydroxylation is 2. The molecule has 0 spiro atoms. The second-order valence-corrected chi connectivity index (χ2v) is 6.47. The Bertz CT molecular complexity index is 1110. The third-order valence-electron chi connectivity index (χ3n) is 4.57. The van der Waals surface area contributed by atoms with Gasteiger partial charge in [0.2, 0.25) is 0 Å². The van der Waals surface area contributed by atoms with Gasteiger partial charge in [-0.15, -0.1) is 0 Å². The van der Waals surface area contributed by atoms with Crippen LogP contribution in [-0.4, -0.2) is 33.0 Å². The fourth-order valence-electron chi connectivity index (χ4n) is 3.01. The van der Waals surface area contributed by atoms with Crippen molar-refractivity contribution in [2.24, 2.45) is 0 Å². The first-order chi connectivity index (χ1) is 13.9. The van der Waals surface area contributed by atoms with Crippen LogP contribution >= 0.6 is 0 Å². The number of benzene rings is 1. The number of nitrogens with zero attached hydrogens (tertiary/aromatic N) is 3. The summed E-state index contributed by atoms with van der Waals surface area (Å²) in [6.45, 7) is 3.86. The summed E-state index contributed by atoms with van der Waals surface area (Å²) in [5, 5.41) is 16.9. The molecule has 0 saturated carbocycles. The van der Waals surface area contributed by atoms with Crippen molar-refractivity contribution in [2.75, 3.05) is 12.4 Å². The van der Waals surface area contributed by atoms with Crippen molar-refractivity contribution in [2.45, 2.75) is 26.8 Å². The fourth-order valence-corrected chi connectivity index (χ4v) is 3.01. The molecule has 0 fully saturated rings. The summed E-state index contributed by atoms with van der Waals surface area (Å²) in [5.41, 5.74) is 2.23. The van der Waals surface area contributed by atoms with Gasteiger partial charge in [-0.1, -0.05) is 12.1 Å². The first-order valence-electron chi connectivity index (χ1n) is 9.12. The highest BCUT2D eigenvalue weighted by molar-refractivity contribution is 5.89. The number of anilines is 2. The van der Waals surface area contributed by atoms with Crippen LogP contribution in [-0.2, 0) is 13.0 Å². The van der Waals surface area contributed by atoms with E-state index < -0.39 is 11.5 Å². The number of ether oxygens (including phenoxy) is 1. The third-order valence-corrected chi connectivity index (χ3v) is 4.57. The molecule has 2 heterocycles. The molecule has 0 amide bonds. The van der Waals surface area contributed by atoms with E-state index in [-0.39, 0.29) is 24.3 Å². The van der Waals surface area contributed by atoms with Gasteiger partial charge in [0.05, 0.1) is 19.0 Å². The minimum atomic E-state index is -1.20. The highest BCUT2D eigenvalue weighted by atomic mass is 16.5. The molecule has 29 heavy (non-hydrogen) atoms. The zero-order valence-corrected chi connectivity index (χ0v) is 16.5. The lowest BCUT2D eigenvalue weighted by molar-refractivity contribution is 0.0686. The monoisotopic (exact) mass is 394 g/mol. The number of methoxy groups -OCH3 is 1. The van der Waals surface area contributed by atoms with E-state index in [9.17, 15) is 14.7 Å². The van der Waals surface area contributed by atoms with E-state index in [4.69, 9.17) is 4.74 Å². The van der Waals surface area contributed by atoms with Crippen LogP contribution in [0.3, 0.4) is 0 Å².